The smallest absolute Gasteiger partial charge is 0.254 e. The highest BCUT2D eigenvalue weighted by Crippen LogP contribution is 2.26. The summed E-state index contributed by atoms with van der Waals surface area (Å²) < 4.78 is 5.03. The van der Waals surface area contributed by atoms with Crippen LogP contribution in [-0.2, 0) is 17.8 Å². The number of carbonyl (C=O) groups is 2. The first-order valence-electron chi connectivity index (χ1n) is 9.90. The summed E-state index contributed by atoms with van der Waals surface area (Å²) in [5.41, 5.74) is 2.90. The second-order valence-electron chi connectivity index (χ2n) is 7.37. The van der Waals surface area contributed by atoms with Gasteiger partial charge in [0.25, 0.3) is 5.91 Å². The van der Waals surface area contributed by atoms with E-state index in [2.05, 4.69) is 10.5 Å². The summed E-state index contributed by atoms with van der Waals surface area (Å²) in [4.78, 5) is 27.0. The first kappa shape index (κ1) is 20.2. The number of halogens is 1. The quantitative estimate of drug-likeness (QED) is 0.597. The molecule has 0 saturated carbocycles. The lowest BCUT2D eigenvalue weighted by Gasteiger charge is -2.24. The maximum atomic E-state index is 12.8. The van der Waals surface area contributed by atoms with Gasteiger partial charge >= 0.3 is 0 Å². The van der Waals surface area contributed by atoms with E-state index >= 15 is 0 Å². The van der Waals surface area contributed by atoms with Gasteiger partial charge in [0.15, 0.2) is 5.15 Å². The fourth-order valence-corrected chi connectivity index (χ4v) is 3.87. The monoisotopic (exact) mass is 423 g/mol. The molecule has 1 atom stereocenters. The van der Waals surface area contributed by atoms with Crippen molar-refractivity contribution in [2.24, 2.45) is 0 Å². The van der Waals surface area contributed by atoms with E-state index in [4.69, 9.17) is 16.1 Å². The Morgan fingerprint density at radius 3 is 2.67 bits per heavy atom. The molecule has 1 N–H and O–H groups in total. The molecule has 2 aromatic carbocycles. The van der Waals surface area contributed by atoms with Crippen LogP contribution < -0.4 is 5.32 Å². The van der Waals surface area contributed by atoms with E-state index in [1.165, 1.54) is 0 Å². The minimum absolute atomic E-state index is 0.00636. The van der Waals surface area contributed by atoms with Crippen LogP contribution in [0.2, 0.25) is 5.15 Å². The number of hydrogen-bond donors (Lipinski definition) is 1. The molecule has 2 heterocycles. The van der Waals surface area contributed by atoms with Gasteiger partial charge in [0.2, 0.25) is 5.91 Å². The molecule has 154 valence electrons. The molecule has 6 nitrogen and oxygen atoms in total. The van der Waals surface area contributed by atoms with Gasteiger partial charge in [-0.1, -0.05) is 65.3 Å². The molecule has 1 aliphatic rings. The fourth-order valence-electron chi connectivity index (χ4n) is 3.71. The van der Waals surface area contributed by atoms with Crippen LogP contribution in [0.15, 0.2) is 65.2 Å². The summed E-state index contributed by atoms with van der Waals surface area (Å²) in [7, 11) is 0. The number of carbonyl (C=O) groups excluding carboxylic acids is 2. The average Bonchev–Trinajstić information content (AvgIpc) is 3.33. The first-order chi connectivity index (χ1) is 14.6. The highest BCUT2D eigenvalue weighted by atomic mass is 35.5. The number of aromatic nitrogens is 1. The Bertz CT molecular complexity index is 1030. The Balaban J connectivity index is 1.38. The fraction of sp³-hybridized carbons (Fsp3) is 0.261. The lowest BCUT2D eigenvalue weighted by atomic mass is 9.98. The van der Waals surface area contributed by atoms with Gasteiger partial charge in [-0.05, 0) is 17.2 Å². The Labute approximate surface area is 179 Å². The van der Waals surface area contributed by atoms with Crippen LogP contribution in [0, 0.1) is 0 Å². The number of nitrogens with one attached hydrogen (secondary N) is 1. The van der Waals surface area contributed by atoms with Crippen molar-refractivity contribution in [1.29, 1.82) is 0 Å². The summed E-state index contributed by atoms with van der Waals surface area (Å²) in [6, 6.07) is 19.3. The summed E-state index contributed by atoms with van der Waals surface area (Å²) in [5.74, 6) is 0.530. The first-order valence-corrected chi connectivity index (χ1v) is 10.3. The molecule has 0 saturated heterocycles. The number of rotatable bonds is 8. The van der Waals surface area contributed by atoms with Gasteiger partial charge in [-0.2, -0.15) is 0 Å². The molecular formula is C23H22ClN3O3. The molecule has 4 rings (SSSR count). The molecule has 30 heavy (non-hydrogen) atoms. The van der Waals surface area contributed by atoms with Crippen LogP contribution in [0.4, 0.5) is 0 Å². The lowest BCUT2D eigenvalue weighted by Crippen LogP contribution is -2.36. The average molecular weight is 424 g/mol. The van der Waals surface area contributed by atoms with Crippen molar-refractivity contribution in [2.45, 2.75) is 25.3 Å². The predicted octanol–water partition coefficient (Wildman–Crippen LogP) is 3.82. The Morgan fingerprint density at radius 1 is 1.17 bits per heavy atom. The van der Waals surface area contributed by atoms with Crippen molar-refractivity contribution in [3.05, 3.63) is 88.3 Å². The number of nitrogens with zero attached hydrogens (tertiary/aromatic N) is 2. The van der Waals surface area contributed by atoms with E-state index in [1.54, 1.807) is 6.07 Å². The number of benzene rings is 2. The normalized spacial score (nSPS) is 13.9. The van der Waals surface area contributed by atoms with Gasteiger partial charge in [0.05, 0.1) is 0 Å². The molecule has 0 radical (unpaired) electrons. The zero-order valence-corrected chi connectivity index (χ0v) is 17.1. The molecule has 7 heteroatoms. The van der Waals surface area contributed by atoms with Crippen LogP contribution in [0.5, 0.6) is 0 Å². The Hall–Kier alpha value is -3.12. The van der Waals surface area contributed by atoms with Crippen LogP contribution >= 0.6 is 11.6 Å². The zero-order chi connectivity index (χ0) is 20.9. The number of aryl methyl sites for hydroxylation is 1. The summed E-state index contributed by atoms with van der Waals surface area (Å²) >= 11 is 5.74. The second kappa shape index (κ2) is 9.13. The largest absolute Gasteiger partial charge is 0.360 e. The molecule has 0 fully saturated rings. The van der Waals surface area contributed by atoms with E-state index in [-0.39, 0.29) is 29.3 Å². The van der Waals surface area contributed by atoms with Gasteiger partial charge < -0.3 is 14.7 Å². The van der Waals surface area contributed by atoms with Crippen molar-refractivity contribution in [1.82, 2.24) is 15.4 Å². The van der Waals surface area contributed by atoms with Crippen molar-refractivity contribution in [3.63, 3.8) is 0 Å². The van der Waals surface area contributed by atoms with Crippen molar-refractivity contribution >= 4 is 23.4 Å². The molecule has 0 unspecified atom stereocenters. The Morgan fingerprint density at radius 2 is 1.93 bits per heavy atom. The van der Waals surface area contributed by atoms with Crippen molar-refractivity contribution < 1.29 is 14.1 Å². The molecule has 3 aromatic rings. The van der Waals surface area contributed by atoms with E-state index in [0.717, 1.165) is 16.7 Å². The summed E-state index contributed by atoms with van der Waals surface area (Å²) in [6.45, 7) is 1.58. The van der Waals surface area contributed by atoms with Gasteiger partial charge in [-0.25, -0.2) is 0 Å². The van der Waals surface area contributed by atoms with Crippen LogP contribution in [0.25, 0.3) is 0 Å². The molecular weight excluding hydrogens is 402 g/mol. The third kappa shape index (κ3) is 4.71. The van der Waals surface area contributed by atoms with E-state index in [0.29, 0.717) is 31.8 Å². The molecule has 2 amide bonds. The van der Waals surface area contributed by atoms with Gasteiger partial charge in [0, 0.05) is 50.0 Å². The Kier molecular flexibility index (Phi) is 6.14. The summed E-state index contributed by atoms with van der Waals surface area (Å²) in [5, 5.41) is 6.89. The molecule has 0 spiro atoms. The summed E-state index contributed by atoms with van der Waals surface area (Å²) in [6.07, 6.45) is 0.711. The maximum absolute atomic E-state index is 12.8. The van der Waals surface area contributed by atoms with Crippen LogP contribution in [0.3, 0.4) is 0 Å². The van der Waals surface area contributed by atoms with Crippen molar-refractivity contribution in [3.8, 4) is 0 Å². The van der Waals surface area contributed by atoms with Gasteiger partial charge in [0.1, 0.15) is 5.76 Å². The minimum Gasteiger partial charge on any atom is -0.360 e. The molecule has 0 aliphatic carbocycles. The highest BCUT2D eigenvalue weighted by molar-refractivity contribution is 6.29. The maximum Gasteiger partial charge on any atom is 0.254 e. The van der Waals surface area contributed by atoms with Crippen molar-refractivity contribution in [2.75, 3.05) is 13.1 Å². The van der Waals surface area contributed by atoms with Crippen LogP contribution in [-0.4, -0.2) is 35.0 Å². The minimum atomic E-state index is -0.0838. The van der Waals surface area contributed by atoms with Gasteiger partial charge in [-0.3, -0.25) is 9.59 Å². The molecule has 0 bridgehead atoms. The SMILES string of the molecule is O=C(CCc1cc(Cl)no1)NC[C@@H](CN1Cc2ccccc2C1=O)c1ccccc1. The second-order valence-corrected chi connectivity index (χ2v) is 7.76. The molecule has 1 aliphatic heterocycles. The highest BCUT2D eigenvalue weighted by Gasteiger charge is 2.29. The molecule has 1 aromatic heterocycles. The number of amides is 2. The zero-order valence-electron chi connectivity index (χ0n) is 16.4. The third-order valence-electron chi connectivity index (χ3n) is 5.28. The lowest BCUT2D eigenvalue weighted by molar-refractivity contribution is -0.121. The third-order valence-corrected chi connectivity index (χ3v) is 5.46. The van der Waals surface area contributed by atoms with E-state index < -0.39 is 0 Å². The van der Waals surface area contributed by atoms with E-state index in [1.807, 2.05) is 59.5 Å². The topological polar surface area (TPSA) is 75.4 Å². The predicted molar refractivity (Wildman–Crippen MR) is 113 cm³/mol. The number of hydrogen-bond acceptors (Lipinski definition) is 4. The standard InChI is InChI=1S/C23H22ClN3O3/c24-21-12-19(30-26-21)10-11-22(28)25-13-18(16-6-2-1-3-7-16)15-27-14-17-8-4-5-9-20(17)23(27)29/h1-9,12,18H,10-11,13-15H2,(H,25,28)/t18-/m0/s1. The van der Waals surface area contributed by atoms with Gasteiger partial charge in [-0.15, -0.1) is 0 Å². The van der Waals surface area contributed by atoms with E-state index in [9.17, 15) is 9.59 Å². The number of fused-ring (bicyclic) bond motifs is 1. The van der Waals surface area contributed by atoms with Crippen LogP contribution in [0.1, 0.15) is 39.6 Å².